The average Bonchev–Trinajstić information content (AvgIpc) is 1.81. The van der Waals surface area contributed by atoms with E-state index in [1.807, 2.05) is 0 Å². The molecule has 0 spiro atoms. The molecule has 0 aromatic carbocycles. The van der Waals surface area contributed by atoms with Gasteiger partial charge < -0.3 is 0 Å². The van der Waals surface area contributed by atoms with Crippen LogP contribution < -0.4 is 0 Å². The molecule has 0 aliphatic carbocycles. The van der Waals surface area contributed by atoms with Gasteiger partial charge in [0.1, 0.15) is 0 Å². The summed E-state index contributed by atoms with van der Waals surface area (Å²) in [5.74, 6) is 0.672. The van der Waals surface area contributed by atoms with Crippen LogP contribution in [0.3, 0.4) is 0 Å². The topological polar surface area (TPSA) is 43.4 Å². The van der Waals surface area contributed by atoms with E-state index in [0.717, 1.165) is 25.5 Å². The molecule has 0 heterocycles. The van der Waals surface area contributed by atoms with Crippen LogP contribution in [-0.4, -0.2) is 20.8 Å². The minimum Gasteiger partial charge on any atom is -0.267 e. The van der Waals surface area contributed by atoms with Crippen LogP contribution in [0.4, 0.5) is 0 Å². The molecular weight excluding hydrogens is 188 g/mol. The highest BCUT2D eigenvalue weighted by Crippen LogP contribution is 2.11. The fourth-order valence-electron chi connectivity index (χ4n) is 1.16. The molecule has 0 saturated heterocycles. The maximum atomic E-state index is 10.7. The first-order valence-corrected chi connectivity index (χ1v) is 6.51. The largest absolute Gasteiger partial charge is 0.267 e. The second-order valence-corrected chi connectivity index (χ2v) is 5.54. The first-order chi connectivity index (χ1) is 5.81. The number of hydrogen-bond donors (Lipinski definition) is 0. The fourth-order valence-corrected chi connectivity index (χ4v) is 1.85. The monoisotopic (exact) mass is 208 g/mol. The summed E-state index contributed by atoms with van der Waals surface area (Å²) in [6, 6.07) is 0. The zero-order chi connectivity index (χ0) is 10.5. The summed E-state index contributed by atoms with van der Waals surface area (Å²) in [6.07, 6.45) is 3.86. The van der Waals surface area contributed by atoms with E-state index >= 15 is 0 Å². The van der Waals surface area contributed by atoms with Crippen molar-refractivity contribution in [1.82, 2.24) is 0 Å². The molecular formula is C9H20O3S. The van der Waals surface area contributed by atoms with Gasteiger partial charge in [0.25, 0.3) is 10.1 Å². The zero-order valence-electron chi connectivity index (χ0n) is 8.91. The van der Waals surface area contributed by atoms with Crippen molar-refractivity contribution in [2.45, 2.75) is 46.1 Å². The van der Waals surface area contributed by atoms with Crippen LogP contribution in [0.2, 0.25) is 0 Å². The van der Waals surface area contributed by atoms with Crippen LogP contribution in [-0.2, 0) is 14.3 Å². The van der Waals surface area contributed by atoms with E-state index in [1.54, 1.807) is 6.92 Å². The van der Waals surface area contributed by atoms with E-state index in [1.165, 1.54) is 0 Å². The molecule has 3 nitrogen and oxygen atoms in total. The van der Waals surface area contributed by atoms with Gasteiger partial charge in [-0.05, 0) is 19.3 Å². The molecule has 1 atom stereocenters. The lowest BCUT2D eigenvalue weighted by Crippen LogP contribution is -2.13. The van der Waals surface area contributed by atoms with E-state index < -0.39 is 10.1 Å². The molecule has 0 N–H and O–H groups in total. The highest BCUT2D eigenvalue weighted by Gasteiger charge is 2.09. The van der Waals surface area contributed by atoms with E-state index in [9.17, 15) is 8.42 Å². The van der Waals surface area contributed by atoms with Gasteiger partial charge in [0, 0.05) is 0 Å². The van der Waals surface area contributed by atoms with Crippen LogP contribution in [0.15, 0.2) is 0 Å². The molecule has 0 fully saturated rings. The molecule has 0 unspecified atom stereocenters. The van der Waals surface area contributed by atoms with Gasteiger partial charge in [0.15, 0.2) is 0 Å². The fraction of sp³-hybridized carbons (Fsp3) is 1.00. The SMILES string of the molecule is CC(C)CCC[C@H](C)OS(C)(=O)=O. The lowest BCUT2D eigenvalue weighted by Gasteiger charge is -2.11. The van der Waals surface area contributed by atoms with E-state index in [2.05, 4.69) is 13.8 Å². The Labute approximate surface area is 81.6 Å². The Morgan fingerprint density at radius 2 is 1.69 bits per heavy atom. The van der Waals surface area contributed by atoms with Gasteiger partial charge in [-0.3, -0.25) is 4.18 Å². The molecule has 0 radical (unpaired) electrons. The predicted molar refractivity (Wildman–Crippen MR) is 54.1 cm³/mol. The summed E-state index contributed by atoms with van der Waals surface area (Å²) in [5.41, 5.74) is 0. The highest BCUT2D eigenvalue weighted by atomic mass is 32.2. The van der Waals surface area contributed by atoms with Crippen LogP contribution >= 0.6 is 0 Å². The Balaban J connectivity index is 3.58. The van der Waals surface area contributed by atoms with Crippen molar-refractivity contribution >= 4 is 10.1 Å². The molecule has 0 aromatic heterocycles. The minimum atomic E-state index is -3.27. The van der Waals surface area contributed by atoms with Gasteiger partial charge in [0.05, 0.1) is 12.4 Å². The summed E-state index contributed by atoms with van der Waals surface area (Å²) in [4.78, 5) is 0. The summed E-state index contributed by atoms with van der Waals surface area (Å²) in [5, 5.41) is 0. The predicted octanol–water partition coefficient (Wildman–Crippen LogP) is 2.18. The van der Waals surface area contributed by atoms with E-state index in [0.29, 0.717) is 5.92 Å². The van der Waals surface area contributed by atoms with Crippen molar-refractivity contribution in [2.75, 3.05) is 6.26 Å². The summed E-state index contributed by atoms with van der Waals surface area (Å²) >= 11 is 0. The average molecular weight is 208 g/mol. The van der Waals surface area contributed by atoms with Gasteiger partial charge in [-0.25, -0.2) is 0 Å². The Bertz CT molecular complexity index is 219. The Morgan fingerprint density at radius 1 is 1.15 bits per heavy atom. The highest BCUT2D eigenvalue weighted by molar-refractivity contribution is 7.86. The van der Waals surface area contributed by atoms with Gasteiger partial charge in [-0.2, -0.15) is 8.42 Å². The van der Waals surface area contributed by atoms with Gasteiger partial charge >= 0.3 is 0 Å². The lowest BCUT2D eigenvalue weighted by atomic mass is 10.1. The number of hydrogen-bond acceptors (Lipinski definition) is 3. The van der Waals surface area contributed by atoms with Crippen LogP contribution in [0.5, 0.6) is 0 Å². The maximum Gasteiger partial charge on any atom is 0.264 e. The van der Waals surface area contributed by atoms with Gasteiger partial charge in [0.2, 0.25) is 0 Å². The third-order valence-electron chi connectivity index (χ3n) is 1.73. The van der Waals surface area contributed by atoms with Crippen molar-refractivity contribution in [3.05, 3.63) is 0 Å². The van der Waals surface area contributed by atoms with Crippen molar-refractivity contribution < 1.29 is 12.6 Å². The molecule has 0 aliphatic heterocycles. The normalized spacial score (nSPS) is 14.8. The lowest BCUT2D eigenvalue weighted by molar-refractivity contribution is 0.214. The van der Waals surface area contributed by atoms with Crippen LogP contribution in [0.1, 0.15) is 40.0 Å². The van der Waals surface area contributed by atoms with Crippen LogP contribution in [0, 0.1) is 5.92 Å². The second kappa shape index (κ2) is 5.60. The van der Waals surface area contributed by atoms with Gasteiger partial charge in [-0.15, -0.1) is 0 Å². The molecule has 0 amide bonds. The molecule has 13 heavy (non-hydrogen) atoms. The van der Waals surface area contributed by atoms with Crippen molar-refractivity contribution in [3.63, 3.8) is 0 Å². The van der Waals surface area contributed by atoms with Crippen molar-refractivity contribution in [3.8, 4) is 0 Å². The molecule has 0 saturated carbocycles. The quantitative estimate of drug-likeness (QED) is 0.628. The minimum absolute atomic E-state index is 0.186. The molecule has 0 bridgehead atoms. The van der Waals surface area contributed by atoms with Crippen molar-refractivity contribution in [1.29, 1.82) is 0 Å². The zero-order valence-corrected chi connectivity index (χ0v) is 9.73. The summed E-state index contributed by atoms with van der Waals surface area (Å²) in [6.45, 7) is 6.10. The maximum absolute atomic E-state index is 10.7. The molecule has 0 rings (SSSR count). The van der Waals surface area contributed by atoms with Crippen molar-refractivity contribution in [2.24, 2.45) is 5.92 Å². The standard InChI is InChI=1S/C9H20O3S/c1-8(2)6-5-7-9(3)12-13(4,10)11/h8-9H,5-7H2,1-4H3/t9-/m0/s1. The summed E-state index contributed by atoms with van der Waals surface area (Å²) in [7, 11) is -3.27. The number of rotatable bonds is 6. The third kappa shape index (κ3) is 9.83. The smallest absolute Gasteiger partial charge is 0.264 e. The van der Waals surface area contributed by atoms with Gasteiger partial charge in [-0.1, -0.05) is 26.7 Å². The Kier molecular flexibility index (Phi) is 5.56. The van der Waals surface area contributed by atoms with E-state index in [4.69, 9.17) is 4.18 Å². The first kappa shape index (κ1) is 12.9. The molecule has 4 heteroatoms. The second-order valence-electron chi connectivity index (χ2n) is 3.94. The first-order valence-electron chi connectivity index (χ1n) is 4.69. The van der Waals surface area contributed by atoms with E-state index in [-0.39, 0.29) is 6.10 Å². The Hall–Kier alpha value is -0.0900. The Morgan fingerprint density at radius 3 is 2.08 bits per heavy atom. The molecule has 80 valence electrons. The molecule has 0 aromatic rings. The third-order valence-corrected chi connectivity index (χ3v) is 2.41. The molecule has 0 aliphatic rings. The van der Waals surface area contributed by atoms with Crippen LogP contribution in [0.25, 0.3) is 0 Å². The summed E-state index contributed by atoms with van der Waals surface area (Å²) < 4.78 is 26.2.